The molecule has 5 heteroatoms. The minimum absolute atomic E-state index is 0.00999. The number of aryl methyl sites for hydroxylation is 1. The van der Waals surface area contributed by atoms with Crippen molar-refractivity contribution < 1.29 is 9.59 Å². The Hall–Kier alpha value is -2.14. The lowest BCUT2D eigenvalue weighted by molar-refractivity contribution is -0.144. The van der Waals surface area contributed by atoms with Crippen LogP contribution >= 0.6 is 11.3 Å². The average molecular weight is 401 g/mol. The van der Waals surface area contributed by atoms with Crippen LogP contribution in [0.4, 0.5) is 0 Å². The highest BCUT2D eigenvalue weighted by atomic mass is 32.1. The maximum Gasteiger partial charge on any atom is 0.242 e. The van der Waals surface area contributed by atoms with Gasteiger partial charge < -0.3 is 9.80 Å². The fourth-order valence-corrected chi connectivity index (χ4v) is 3.95. The molecule has 0 aliphatic rings. The summed E-state index contributed by atoms with van der Waals surface area (Å²) >= 11 is 1.71. The molecule has 1 heterocycles. The molecular formula is C23H32N2O2S. The van der Waals surface area contributed by atoms with Crippen molar-refractivity contribution in [2.24, 2.45) is 5.92 Å². The van der Waals surface area contributed by atoms with Gasteiger partial charge in [-0.1, -0.05) is 51.1 Å². The molecule has 1 aromatic carbocycles. The molecule has 0 aliphatic heterocycles. The Labute approximate surface area is 173 Å². The van der Waals surface area contributed by atoms with E-state index in [2.05, 4.69) is 19.1 Å². The highest BCUT2D eigenvalue weighted by Crippen LogP contribution is 2.19. The van der Waals surface area contributed by atoms with Crippen LogP contribution in [0, 0.1) is 12.8 Å². The van der Waals surface area contributed by atoms with Gasteiger partial charge in [0.2, 0.25) is 11.8 Å². The van der Waals surface area contributed by atoms with Gasteiger partial charge in [0.1, 0.15) is 6.54 Å². The number of nitrogens with zero attached hydrogens (tertiary/aromatic N) is 2. The van der Waals surface area contributed by atoms with Crippen LogP contribution < -0.4 is 0 Å². The van der Waals surface area contributed by atoms with Crippen molar-refractivity contribution in [2.45, 2.75) is 60.2 Å². The predicted molar refractivity (Wildman–Crippen MR) is 116 cm³/mol. The Morgan fingerprint density at radius 2 is 1.68 bits per heavy atom. The Balaban J connectivity index is 2.21. The van der Waals surface area contributed by atoms with Crippen molar-refractivity contribution in [1.82, 2.24) is 9.80 Å². The van der Waals surface area contributed by atoms with E-state index in [-0.39, 0.29) is 30.3 Å². The van der Waals surface area contributed by atoms with E-state index in [1.165, 1.54) is 4.88 Å². The second-order valence-electron chi connectivity index (χ2n) is 7.63. The molecule has 28 heavy (non-hydrogen) atoms. The number of hydrogen-bond acceptors (Lipinski definition) is 3. The van der Waals surface area contributed by atoms with Crippen LogP contribution in [0.5, 0.6) is 0 Å². The normalized spacial score (nSPS) is 12.1. The smallest absolute Gasteiger partial charge is 0.242 e. The topological polar surface area (TPSA) is 40.6 Å². The first kappa shape index (κ1) is 22.2. The standard InChI is InChI=1S/C23H32N2O2S/c1-6-18(4)25(23(27)17(2)3)16-22(26)24(14-20-10-8-7-9-11-20)15-21-13-12-19(5)28-21/h7-13,17-18H,6,14-16H2,1-5H3. The van der Waals surface area contributed by atoms with Crippen LogP contribution in [0.15, 0.2) is 42.5 Å². The summed E-state index contributed by atoms with van der Waals surface area (Å²) < 4.78 is 0. The lowest BCUT2D eigenvalue weighted by atomic mass is 10.1. The number of carbonyl (C=O) groups is 2. The second kappa shape index (κ2) is 10.4. The molecule has 0 saturated carbocycles. The third-order valence-electron chi connectivity index (χ3n) is 4.92. The van der Waals surface area contributed by atoms with E-state index >= 15 is 0 Å². The third-order valence-corrected chi connectivity index (χ3v) is 5.90. The van der Waals surface area contributed by atoms with E-state index in [1.54, 1.807) is 16.2 Å². The molecule has 2 amide bonds. The summed E-state index contributed by atoms with van der Waals surface area (Å²) in [5.41, 5.74) is 1.09. The molecule has 0 spiro atoms. The zero-order valence-electron chi connectivity index (χ0n) is 17.6. The lowest BCUT2D eigenvalue weighted by Crippen LogP contribution is -2.47. The van der Waals surface area contributed by atoms with Crippen molar-refractivity contribution in [3.8, 4) is 0 Å². The van der Waals surface area contributed by atoms with E-state index in [4.69, 9.17) is 0 Å². The van der Waals surface area contributed by atoms with Gasteiger partial charge in [-0.2, -0.15) is 0 Å². The number of thiophene rings is 1. The van der Waals surface area contributed by atoms with Crippen LogP contribution in [0.25, 0.3) is 0 Å². The summed E-state index contributed by atoms with van der Waals surface area (Å²) in [6, 6.07) is 14.2. The molecule has 1 unspecified atom stereocenters. The molecule has 2 aromatic rings. The number of rotatable bonds is 9. The Morgan fingerprint density at radius 1 is 1.00 bits per heavy atom. The zero-order valence-corrected chi connectivity index (χ0v) is 18.5. The molecule has 1 aromatic heterocycles. The van der Waals surface area contributed by atoms with Gasteiger partial charge in [-0.3, -0.25) is 9.59 Å². The molecule has 0 saturated heterocycles. The summed E-state index contributed by atoms with van der Waals surface area (Å²) in [6.45, 7) is 11.1. The summed E-state index contributed by atoms with van der Waals surface area (Å²) in [6.07, 6.45) is 0.828. The molecule has 2 rings (SSSR count). The van der Waals surface area contributed by atoms with Crippen molar-refractivity contribution in [3.05, 3.63) is 57.8 Å². The highest BCUT2D eigenvalue weighted by Gasteiger charge is 2.26. The molecule has 0 radical (unpaired) electrons. The molecule has 0 bridgehead atoms. The van der Waals surface area contributed by atoms with Crippen LogP contribution in [-0.2, 0) is 22.7 Å². The second-order valence-corrected chi connectivity index (χ2v) is 9.00. The van der Waals surface area contributed by atoms with E-state index in [0.29, 0.717) is 13.1 Å². The maximum absolute atomic E-state index is 13.3. The summed E-state index contributed by atoms with van der Waals surface area (Å²) in [7, 11) is 0. The van der Waals surface area contributed by atoms with E-state index in [1.807, 2.05) is 62.9 Å². The summed E-state index contributed by atoms with van der Waals surface area (Å²) in [5, 5.41) is 0. The van der Waals surface area contributed by atoms with Crippen LogP contribution in [-0.4, -0.2) is 34.2 Å². The van der Waals surface area contributed by atoms with E-state index in [0.717, 1.165) is 16.9 Å². The molecule has 0 aliphatic carbocycles. The Kier molecular flexibility index (Phi) is 8.24. The van der Waals surface area contributed by atoms with Gasteiger partial charge in [0.05, 0.1) is 6.54 Å². The fourth-order valence-electron chi connectivity index (χ4n) is 3.04. The third kappa shape index (κ3) is 6.20. The molecular weight excluding hydrogens is 368 g/mol. The number of carbonyl (C=O) groups excluding carboxylic acids is 2. The van der Waals surface area contributed by atoms with Gasteiger partial charge in [0, 0.05) is 28.3 Å². The zero-order chi connectivity index (χ0) is 20.7. The van der Waals surface area contributed by atoms with Gasteiger partial charge in [0.25, 0.3) is 0 Å². The highest BCUT2D eigenvalue weighted by molar-refractivity contribution is 7.11. The Bertz CT molecular complexity index is 770. The quantitative estimate of drug-likeness (QED) is 0.603. The number of benzene rings is 1. The van der Waals surface area contributed by atoms with Gasteiger partial charge >= 0.3 is 0 Å². The van der Waals surface area contributed by atoms with Gasteiger partial charge in [-0.25, -0.2) is 0 Å². The fraction of sp³-hybridized carbons (Fsp3) is 0.478. The first-order valence-electron chi connectivity index (χ1n) is 9.99. The van der Waals surface area contributed by atoms with Crippen LogP contribution in [0.3, 0.4) is 0 Å². The first-order chi connectivity index (χ1) is 13.3. The number of hydrogen-bond donors (Lipinski definition) is 0. The van der Waals surface area contributed by atoms with Gasteiger partial charge in [-0.15, -0.1) is 11.3 Å². The van der Waals surface area contributed by atoms with Gasteiger partial charge in [0.15, 0.2) is 0 Å². The minimum Gasteiger partial charge on any atom is -0.332 e. The summed E-state index contributed by atoms with van der Waals surface area (Å²) in [4.78, 5) is 31.9. The van der Waals surface area contributed by atoms with Crippen molar-refractivity contribution in [1.29, 1.82) is 0 Å². The van der Waals surface area contributed by atoms with Crippen molar-refractivity contribution >= 4 is 23.2 Å². The molecule has 4 nitrogen and oxygen atoms in total. The predicted octanol–water partition coefficient (Wildman–Crippen LogP) is 4.87. The van der Waals surface area contributed by atoms with E-state index < -0.39 is 0 Å². The largest absolute Gasteiger partial charge is 0.332 e. The van der Waals surface area contributed by atoms with Crippen molar-refractivity contribution in [2.75, 3.05) is 6.54 Å². The first-order valence-corrected chi connectivity index (χ1v) is 10.8. The Morgan fingerprint density at radius 3 is 2.21 bits per heavy atom. The molecule has 1 atom stereocenters. The SMILES string of the molecule is CCC(C)N(CC(=O)N(Cc1ccccc1)Cc1ccc(C)s1)C(=O)C(C)C. The molecule has 152 valence electrons. The van der Waals surface area contributed by atoms with Crippen LogP contribution in [0.1, 0.15) is 49.4 Å². The van der Waals surface area contributed by atoms with E-state index in [9.17, 15) is 9.59 Å². The maximum atomic E-state index is 13.3. The van der Waals surface area contributed by atoms with Gasteiger partial charge in [-0.05, 0) is 38.0 Å². The number of amides is 2. The average Bonchev–Trinajstić information content (AvgIpc) is 3.09. The summed E-state index contributed by atoms with van der Waals surface area (Å²) in [5.74, 6) is -0.0946. The lowest BCUT2D eigenvalue weighted by Gasteiger charge is -2.32. The molecule has 0 fully saturated rings. The minimum atomic E-state index is -0.121. The van der Waals surface area contributed by atoms with Crippen LogP contribution in [0.2, 0.25) is 0 Å². The monoisotopic (exact) mass is 400 g/mol. The van der Waals surface area contributed by atoms with Crippen molar-refractivity contribution in [3.63, 3.8) is 0 Å². The molecule has 0 N–H and O–H groups in total.